The van der Waals surface area contributed by atoms with Crippen molar-refractivity contribution in [2.75, 3.05) is 7.11 Å². The van der Waals surface area contributed by atoms with Gasteiger partial charge in [-0.2, -0.15) is 0 Å². The number of aliphatic hydroxyl groups is 1. The quantitative estimate of drug-likeness (QED) is 0.832. The molecule has 0 fully saturated rings. The summed E-state index contributed by atoms with van der Waals surface area (Å²) in [6.45, 7) is -0.185. The van der Waals surface area contributed by atoms with Gasteiger partial charge in [0.25, 0.3) is 0 Å². The first kappa shape index (κ1) is 9.37. The van der Waals surface area contributed by atoms with Gasteiger partial charge in [-0.1, -0.05) is 11.6 Å². The molecule has 0 aliphatic heterocycles. The highest BCUT2D eigenvalue weighted by atomic mass is 35.5. The van der Waals surface area contributed by atoms with Gasteiger partial charge in [-0.25, -0.2) is 0 Å². The highest BCUT2D eigenvalue weighted by Crippen LogP contribution is 2.34. The van der Waals surface area contributed by atoms with Crippen molar-refractivity contribution in [2.45, 2.75) is 6.61 Å². The lowest BCUT2D eigenvalue weighted by Crippen LogP contribution is -1.86. The molecule has 3 nitrogen and oxygen atoms in total. The van der Waals surface area contributed by atoms with Crippen LogP contribution < -0.4 is 4.74 Å². The van der Waals surface area contributed by atoms with Crippen molar-refractivity contribution >= 4 is 22.6 Å². The van der Waals surface area contributed by atoms with E-state index in [1.807, 2.05) is 0 Å². The summed E-state index contributed by atoms with van der Waals surface area (Å²) in [5.74, 6) is 0.967. The average molecular weight is 213 g/mol. The van der Waals surface area contributed by atoms with Gasteiger partial charge in [-0.3, -0.25) is 0 Å². The molecule has 0 saturated carbocycles. The van der Waals surface area contributed by atoms with E-state index in [1.165, 1.54) is 7.11 Å². The fourth-order valence-corrected chi connectivity index (χ4v) is 1.60. The topological polar surface area (TPSA) is 42.6 Å². The third-order valence-electron chi connectivity index (χ3n) is 2.02. The number of hydrogen-bond donors (Lipinski definition) is 1. The third-order valence-corrected chi connectivity index (χ3v) is 2.26. The van der Waals surface area contributed by atoms with Gasteiger partial charge < -0.3 is 14.3 Å². The predicted octanol–water partition coefficient (Wildman–Crippen LogP) is 2.59. The van der Waals surface area contributed by atoms with Crippen molar-refractivity contribution in [3.8, 4) is 5.75 Å². The number of halogens is 1. The average Bonchev–Trinajstić information content (AvgIpc) is 2.54. The van der Waals surface area contributed by atoms with Crippen LogP contribution >= 0.6 is 11.6 Å². The van der Waals surface area contributed by atoms with Gasteiger partial charge >= 0.3 is 0 Å². The van der Waals surface area contributed by atoms with Crippen molar-refractivity contribution in [3.05, 3.63) is 29.0 Å². The van der Waals surface area contributed by atoms with Gasteiger partial charge in [0, 0.05) is 5.02 Å². The fourth-order valence-electron chi connectivity index (χ4n) is 1.43. The Kier molecular flexibility index (Phi) is 2.35. The molecule has 0 saturated heterocycles. The lowest BCUT2D eigenvalue weighted by Gasteiger charge is -1.97. The maximum Gasteiger partial charge on any atom is 0.172 e. The molecular weight excluding hydrogens is 204 g/mol. The molecule has 2 rings (SSSR count). The molecule has 2 aromatic rings. The zero-order valence-electron chi connectivity index (χ0n) is 7.58. The number of rotatable bonds is 2. The van der Waals surface area contributed by atoms with E-state index >= 15 is 0 Å². The van der Waals surface area contributed by atoms with Crippen molar-refractivity contribution in [1.82, 2.24) is 0 Å². The number of methoxy groups -OCH3 is 1. The first-order valence-corrected chi connectivity index (χ1v) is 4.50. The molecule has 0 spiro atoms. The maximum atomic E-state index is 9.01. The van der Waals surface area contributed by atoms with Crippen molar-refractivity contribution in [2.24, 2.45) is 0 Å². The van der Waals surface area contributed by atoms with Crippen LogP contribution in [0.5, 0.6) is 5.75 Å². The zero-order chi connectivity index (χ0) is 10.1. The highest BCUT2D eigenvalue weighted by Gasteiger charge is 2.13. The highest BCUT2D eigenvalue weighted by molar-refractivity contribution is 6.31. The summed E-state index contributed by atoms with van der Waals surface area (Å²) in [6, 6.07) is 5.23. The van der Waals surface area contributed by atoms with E-state index in [2.05, 4.69) is 0 Å². The SMILES string of the molecule is COc1c(CO)oc2ccc(Cl)cc12. The summed E-state index contributed by atoms with van der Waals surface area (Å²) in [5.41, 5.74) is 0.662. The van der Waals surface area contributed by atoms with Crippen LogP contribution in [0.25, 0.3) is 11.0 Å². The predicted molar refractivity (Wildman–Crippen MR) is 53.7 cm³/mol. The second kappa shape index (κ2) is 3.52. The Morgan fingerprint density at radius 1 is 1.50 bits per heavy atom. The number of furan rings is 1. The molecule has 1 heterocycles. The fraction of sp³-hybridized carbons (Fsp3) is 0.200. The van der Waals surface area contributed by atoms with Crippen LogP contribution in [-0.4, -0.2) is 12.2 Å². The zero-order valence-corrected chi connectivity index (χ0v) is 8.34. The molecule has 0 aliphatic carbocycles. The minimum atomic E-state index is -0.185. The summed E-state index contributed by atoms with van der Waals surface area (Å²) < 4.78 is 10.5. The van der Waals surface area contributed by atoms with E-state index in [1.54, 1.807) is 18.2 Å². The Morgan fingerprint density at radius 3 is 2.93 bits per heavy atom. The second-order valence-corrected chi connectivity index (χ2v) is 3.29. The molecule has 1 aromatic heterocycles. The van der Waals surface area contributed by atoms with E-state index < -0.39 is 0 Å². The van der Waals surface area contributed by atoms with Crippen molar-refractivity contribution in [3.63, 3.8) is 0 Å². The lowest BCUT2D eigenvalue weighted by molar-refractivity contribution is 0.241. The Morgan fingerprint density at radius 2 is 2.29 bits per heavy atom. The first-order chi connectivity index (χ1) is 6.76. The van der Waals surface area contributed by atoms with Crippen LogP contribution in [0.1, 0.15) is 5.76 Å². The monoisotopic (exact) mass is 212 g/mol. The van der Waals surface area contributed by atoms with Crippen molar-refractivity contribution < 1.29 is 14.3 Å². The van der Waals surface area contributed by atoms with Gasteiger partial charge in [-0.05, 0) is 18.2 Å². The molecule has 14 heavy (non-hydrogen) atoms. The van der Waals surface area contributed by atoms with Gasteiger partial charge in [0.1, 0.15) is 12.2 Å². The van der Waals surface area contributed by atoms with E-state index in [9.17, 15) is 0 Å². The number of fused-ring (bicyclic) bond motifs is 1. The minimum absolute atomic E-state index is 0.185. The van der Waals surface area contributed by atoms with E-state index in [-0.39, 0.29) is 6.61 Å². The van der Waals surface area contributed by atoms with Gasteiger partial charge in [0.2, 0.25) is 0 Å². The molecule has 74 valence electrons. The van der Waals surface area contributed by atoms with Crippen molar-refractivity contribution in [1.29, 1.82) is 0 Å². The molecular formula is C10H9ClO3. The first-order valence-electron chi connectivity index (χ1n) is 4.12. The molecule has 0 aliphatic rings. The van der Waals surface area contributed by atoms with E-state index in [4.69, 9.17) is 25.9 Å². The lowest BCUT2D eigenvalue weighted by atomic mass is 10.2. The normalized spacial score (nSPS) is 10.8. The molecule has 1 aromatic carbocycles. The molecule has 0 radical (unpaired) electrons. The number of benzene rings is 1. The molecule has 0 unspecified atom stereocenters. The van der Waals surface area contributed by atoms with Crippen LogP contribution in [0.4, 0.5) is 0 Å². The standard InChI is InChI=1S/C10H9ClO3/c1-13-10-7-4-6(11)2-3-8(7)14-9(10)5-12/h2-4,12H,5H2,1H3. The summed E-state index contributed by atoms with van der Waals surface area (Å²) >= 11 is 5.84. The Bertz CT molecular complexity index is 462. The summed E-state index contributed by atoms with van der Waals surface area (Å²) in [7, 11) is 1.53. The van der Waals surface area contributed by atoms with Crippen LogP contribution in [0, 0.1) is 0 Å². The summed E-state index contributed by atoms with van der Waals surface area (Å²) in [5, 5.41) is 10.4. The minimum Gasteiger partial charge on any atom is -0.492 e. The van der Waals surface area contributed by atoms with Gasteiger partial charge in [-0.15, -0.1) is 0 Å². The maximum absolute atomic E-state index is 9.01. The largest absolute Gasteiger partial charge is 0.492 e. The Hall–Kier alpha value is -1.19. The third kappa shape index (κ3) is 1.35. The Balaban J connectivity index is 2.74. The van der Waals surface area contributed by atoms with Crippen LogP contribution in [0.15, 0.2) is 22.6 Å². The summed E-state index contributed by atoms with van der Waals surface area (Å²) in [4.78, 5) is 0. The molecule has 0 atom stereocenters. The summed E-state index contributed by atoms with van der Waals surface area (Å²) in [6.07, 6.45) is 0. The van der Waals surface area contributed by atoms with Crippen LogP contribution in [0.3, 0.4) is 0 Å². The van der Waals surface area contributed by atoms with E-state index in [0.29, 0.717) is 22.1 Å². The van der Waals surface area contributed by atoms with Gasteiger partial charge in [0.15, 0.2) is 11.5 Å². The number of aliphatic hydroxyl groups excluding tert-OH is 1. The molecule has 0 amide bonds. The smallest absolute Gasteiger partial charge is 0.172 e. The number of hydrogen-bond acceptors (Lipinski definition) is 3. The van der Waals surface area contributed by atoms with Crippen LogP contribution in [-0.2, 0) is 6.61 Å². The molecule has 0 bridgehead atoms. The Labute approximate surface area is 85.8 Å². The second-order valence-electron chi connectivity index (χ2n) is 2.86. The van der Waals surface area contributed by atoms with Gasteiger partial charge in [0.05, 0.1) is 12.5 Å². The molecule has 1 N–H and O–H groups in total. The van der Waals surface area contributed by atoms with Crippen LogP contribution in [0.2, 0.25) is 5.02 Å². The van der Waals surface area contributed by atoms with E-state index in [0.717, 1.165) is 5.39 Å². The number of ether oxygens (including phenoxy) is 1. The molecule has 4 heteroatoms.